The highest BCUT2D eigenvalue weighted by atomic mass is 32.1. The van der Waals surface area contributed by atoms with Crippen molar-refractivity contribution in [3.05, 3.63) is 50.9 Å². The number of anilines is 1. The van der Waals surface area contributed by atoms with Crippen LogP contribution in [-0.4, -0.2) is 5.91 Å². The summed E-state index contributed by atoms with van der Waals surface area (Å²) in [5.41, 5.74) is 0.194. The summed E-state index contributed by atoms with van der Waals surface area (Å²) < 4.78 is 53.4. The molecule has 8 heteroatoms. The lowest BCUT2D eigenvalue weighted by Crippen LogP contribution is -2.16. The van der Waals surface area contributed by atoms with Gasteiger partial charge in [0.25, 0.3) is 5.91 Å². The number of nitrogens with one attached hydrogen (secondary N) is 1. The van der Waals surface area contributed by atoms with Crippen LogP contribution >= 0.6 is 11.3 Å². The van der Waals surface area contributed by atoms with Crippen molar-refractivity contribution >= 4 is 22.2 Å². The van der Waals surface area contributed by atoms with Crippen molar-refractivity contribution in [2.45, 2.75) is 32.1 Å². The minimum absolute atomic E-state index is 0.212. The lowest BCUT2D eigenvalue weighted by atomic mass is 10.1. The van der Waals surface area contributed by atoms with Gasteiger partial charge in [-0.25, -0.2) is 17.6 Å². The van der Waals surface area contributed by atoms with E-state index in [0.29, 0.717) is 18.1 Å². The van der Waals surface area contributed by atoms with Gasteiger partial charge in [-0.15, -0.1) is 11.3 Å². The zero-order chi connectivity index (χ0) is 18.1. The average molecular weight is 368 g/mol. The SMILES string of the molecule is N#Cc1c(NC(=O)c2cc(F)c(F)c(F)c2F)sc2c1CCCCC2. The smallest absolute Gasteiger partial charge is 0.259 e. The molecule has 25 heavy (non-hydrogen) atoms. The van der Waals surface area contributed by atoms with Gasteiger partial charge < -0.3 is 5.32 Å². The molecule has 3 nitrogen and oxygen atoms in total. The fraction of sp³-hybridized carbons (Fsp3) is 0.294. The predicted molar refractivity (Wildman–Crippen MR) is 84.5 cm³/mol. The Morgan fingerprint density at radius 1 is 1.08 bits per heavy atom. The van der Waals surface area contributed by atoms with E-state index in [2.05, 4.69) is 5.32 Å². The van der Waals surface area contributed by atoms with E-state index in [0.717, 1.165) is 36.1 Å². The van der Waals surface area contributed by atoms with Gasteiger partial charge >= 0.3 is 0 Å². The summed E-state index contributed by atoms with van der Waals surface area (Å²) in [6.45, 7) is 0. The van der Waals surface area contributed by atoms with Crippen molar-refractivity contribution < 1.29 is 22.4 Å². The van der Waals surface area contributed by atoms with E-state index >= 15 is 0 Å². The zero-order valence-electron chi connectivity index (χ0n) is 12.9. The third-order valence-electron chi connectivity index (χ3n) is 4.11. The number of thiophene rings is 1. The van der Waals surface area contributed by atoms with E-state index in [1.165, 1.54) is 11.3 Å². The number of benzene rings is 1. The fourth-order valence-electron chi connectivity index (χ4n) is 2.86. The molecule has 0 spiro atoms. The summed E-state index contributed by atoms with van der Waals surface area (Å²) in [4.78, 5) is 13.2. The largest absolute Gasteiger partial charge is 0.312 e. The topological polar surface area (TPSA) is 52.9 Å². The Balaban J connectivity index is 1.96. The molecule has 1 heterocycles. The molecule has 1 amide bonds. The second-order valence-corrected chi connectivity index (χ2v) is 6.79. The van der Waals surface area contributed by atoms with Crippen LogP contribution in [0.1, 0.15) is 45.6 Å². The minimum Gasteiger partial charge on any atom is -0.312 e. The first-order chi connectivity index (χ1) is 11.9. The van der Waals surface area contributed by atoms with Gasteiger partial charge in [0.2, 0.25) is 0 Å². The summed E-state index contributed by atoms with van der Waals surface area (Å²) >= 11 is 1.20. The molecule has 130 valence electrons. The molecule has 0 atom stereocenters. The summed E-state index contributed by atoms with van der Waals surface area (Å²) in [6, 6.07) is 2.33. The molecule has 0 fully saturated rings. The Morgan fingerprint density at radius 2 is 1.80 bits per heavy atom. The number of rotatable bonds is 2. The molecule has 3 rings (SSSR count). The summed E-state index contributed by atoms with van der Waals surface area (Å²) in [5.74, 6) is -8.59. The van der Waals surface area contributed by atoms with Crippen LogP contribution in [0.4, 0.5) is 22.6 Å². The van der Waals surface area contributed by atoms with Gasteiger partial charge in [0.05, 0.1) is 11.1 Å². The van der Waals surface area contributed by atoms with Gasteiger partial charge in [-0.3, -0.25) is 4.79 Å². The van der Waals surface area contributed by atoms with Crippen LogP contribution in [0.2, 0.25) is 0 Å². The maximum Gasteiger partial charge on any atom is 0.259 e. The first-order valence-corrected chi connectivity index (χ1v) is 8.44. The molecule has 1 aliphatic rings. The van der Waals surface area contributed by atoms with E-state index < -0.39 is 34.7 Å². The second kappa shape index (κ2) is 6.84. The molecule has 0 aliphatic heterocycles. The van der Waals surface area contributed by atoms with Crippen LogP contribution < -0.4 is 5.32 Å². The Hall–Kier alpha value is -2.40. The number of fused-ring (bicyclic) bond motifs is 1. The van der Waals surface area contributed by atoms with Crippen molar-refractivity contribution in [3.8, 4) is 6.07 Å². The number of nitrogens with zero attached hydrogens (tertiary/aromatic N) is 1. The molecule has 1 aromatic heterocycles. The Bertz CT molecular complexity index is 901. The lowest BCUT2D eigenvalue weighted by molar-refractivity contribution is 0.102. The maximum absolute atomic E-state index is 13.8. The highest BCUT2D eigenvalue weighted by Gasteiger charge is 2.26. The lowest BCUT2D eigenvalue weighted by Gasteiger charge is -2.07. The van der Waals surface area contributed by atoms with Crippen LogP contribution in [0.5, 0.6) is 0 Å². The molecule has 0 saturated carbocycles. The van der Waals surface area contributed by atoms with Gasteiger partial charge in [-0.2, -0.15) is 5.26 Å². The van der Waals surface area contributed by atoms with E-state index in [1.807, 2.05) is 6.07 Å². The van der Waals surface area contributed by atoms with Crippen LogP contribution in [0.25, 0.3) is 0 Å². The van der Waals surface area contributed by atoms with Crippen LogP contribution in [0.15, 0.2) is 6.07 Å². The second-order valence-electron chi connectivity index (χ2n) is 5.68. The summed E-state index contributed by atoms with van der Waals surface area (Å²) in [5, 5.41) is 11.9. The van der Waals surface area contributed by atoms with Crippen molar-refractivity contribution in [1.82, 2.24) is 0 Å². The number of carbonyl (C=O) groups is 1. The molecule has 0 radical (unpaired) electrons. The summed E-state index contributed by atoms with van der Waals surface area (Å²) in [7, 11) is 0. The van der Waals surface area contributed by atoms with Crippen molar-refractivity contribution in [3.63, 3.8) is 0 Å². The number of amides is 1. The van der Waals surface area contributed by atoms with E-state index in [4.69, 9.17) is 0 Å². The number of aryl methyl sites for hydroxylation is 1. The van der Waals surface area contributed by atoms with Crippen molar-refractivity contribution in [1.29, 1.82) is 5.26 Å². The number of hydrogen-bond donors (Lipinski definition) is 1. The van der Waals surface area contributed by atoms with Crippen LogP contribution in [-0.2, 0) is 12.8 Å². The first-order valence-electron chi connectivity index (χ1n) is 7.63. The molecular weight excluding hydrogens is 356 g/mol. The van der Waals surface area contributed by atoms with E-state index in [-0.39, 0.29) is 5.00 Å². The first kappa shape index (κ1) is 17.4. The summed E-state index contributed by atoms with van der Waals surface area (Å²) in [6.07, 6.45) is 4.42. The number of hydrogen-bond acceptors (Lipinski definition) is 3. The fourth-order valence-corrected chi connectivity index (χ4v) is 4.09. The van der Waals surface area contributed by atoms with E-state index in [9.17, 15) is 27.6 Å². The molecule has 0 unspecified atom stereocenters. The van der Waals surface area contributed by atoms with Gasteiger partial charge in [0, 0.05) is 4.88 Å². The van der Waals surface area contributed by atoms with Crippen LogP contribution in [0, 0.1) is 34.6 Å². The third-order valence-corrected chi connectivity index (χ3v) is 5.31. The Kier molecular flexibility index (Phi) is 4.77. The third kappa shape index (κ3) is 3.12. The van der Waals surface area contributed by atoms with Crippen molar-refractivity contribution in [2.75, 3.05) is 5.32 Å². The van der Waals surface area contributed by atoms with E-state index in [1.54, 1.807) is 0 Å². The maximum atomic E-state index is 13.8. The Labute approximate surface area is 144 Å². The van der Waals surface area contributed by atoms with Gasteiger partial charge in [0.15, 0.2) is 23.3 Å². The molecule has 1 aliphatic carbocycles. The Morgan fingerprint density at radius 3 is 2.52 bits per heavy atom. The number of halogens is 4. The number of carbonyl (C=O) groups excluding carboxylic acids is 1. The monoisotopic (exact) mass is 368 g/mol. The zero-order valence-corrected chi connectivity index (χ0v) is 13.7. The highest BCUT2D eigenvalue weighted by Crippen LogP contribution is 2.37. The minimum atomic E-state index is -2.05. The predicted octanol–water partition coefficient (Wildman–Crippen LogP) is 4.70. The van der Waals surface area contributed by atoms with Crippen molar-refractivity contribution in [2.24, 2.45) is 0 Å². The normalized spacial score (nSPS) is 13.7. The van der Waals surface area contributed by atoms with Crippen LogP contribution in [0.3, 0.4) is 0 Å². The quantitative estimate of drug-likeness (QED) is 0.362. The molecular formula is C17H12F4N2OS. The van der Waals surface area contributed by atoms with Gasteiger partial charge in [0.1, 0.15) is 11.1 Å². The highest BCUT2D eigenvalue weighted by molar-refractivity contribution is 7.16. The van der Waals surface area contributed by atoms with Gasteiger partial charge in [-0.05, 0) is 37.3 Å². The standard InChI is InChI=1S/C17H12F4N2OS/c18-11-6-9(13(19)15(21)14(11)20)16(24)23-17-10(7-22)8-4-2-1-3-5-12(8)25-17/h6H,1-5H2,(H,23,24). The molecule has 1 N–H and O–H groups in total. The molecule has 0 saturated heterocycles. The molecule has 1 aromatic carbocycles. The van der Waals surface area contributed by atoms with Gasteiger partial charge in [-0.1, -0.05) is 6.42 Å². The average Bonchev–Trinajstić information content (AvgIpc) is 2.76. The molecule has 2 aromatic rings. The number of nitriles is 1. The molecule has 0 bridgehead atoms.